The molecule has 178 valence electrons. The molecule has 34 heavy (non-hydrogen) atoms. The van der Waals surface area contributed by atoms with Crippen molar-refractivity contribution in [2.45, 2.75) is 39.5 Å². The molecule has 3 heterocycles. The minimum atomic E-state index is -4.68. The monoisotopic (exact) mass is 489 g/mol. The van der Waals surface area contributed by atoms with Crippen LogP contribution in [0.3, 0.4) is 0 Å². The normalized spacial score (nSPS) is 11.7. The van der Waals surface area contributed by atoms with Gasteiger partial charge < -0.3 is 9.64 Å². The van der Waals surface area contributed by atoms with Crippen LogP contribution >= 0.6 is 11.3 Å². The van der Waals surface area contributed by atoms with Crippen LogP contribution in [0.15, 0.2) is 41.8 Å². The van der Waals surface area contributed by atoms with Gasteiger partial charge in [0.2, 0.25) is 5.91 Å². The average molecular weight is 490 g/mol. The summed E-state index contributed by atoms with van der Waals surface area (Å²) in [5.74, 6) is -0.934. The number of benzene rings is 1. The lowest BCUT2D eigenvalue weighted by molar-refractivity contribution is -0.144. The number of thiophene rings is 1. The summed E-state index contributed by atoms with van der Waals surface area (Å²) in [7, 11) is 1.57. The highest BCUT2D eigenvalue weighted by Crippen LogP contribution is 2.28. The highest BCUT2D eigenvalue weighted by Gasteiger charge is 2.37. The van der Waals surface area contributed by atoms with E-state index in [-0.39, 0.29) is 18.1 Å². The van der Waals surface area contributed by atoms with Crippen LogP contribution in [0.25, 0.3) is 5.78 Å². The van der Waals surface area contributed by atoms with Crippen molar-refractivity contribution in [3.05, 3.63) is 75.0 Å². The summed E-state index contributed by atoms with van der Waals surface area (Å²) in [6, 6.07) is 11.3. The molecule has 11 heteroatoms. The Morgan fingerprint density at radius 1 is 1.12 bits per heavy atom. The summed E-state index contributed by atoms with van der Waals surface area (Å²) in [5, 5.41) is 5.51. The first-order valence-electron chi connectivity index (χ1n) is 10.4. The second kappa shape index (κ2) is 9.41. The number of hydrogen-bond acceptors (Lipinski definition) is 6. The van der Waals surface area contributed by atoms with Gasteiger partial charge in [0.05, 0.1) is 20.1 Å². The van der Waals surface area contributed by atoms with Gasteiger partial charge in [-0.15, -0.1) is 16.4 Å². The number of carbonyl (C=O) groups is 1. The summed E-state index contributed by atoms with van der Waals surface area (Å²) >= 11 is 1.54. The molecule has 0 saturated heterocycles. The van der Waals surface area contributed by atoms with Gasteiger partial charge in [0.25, 0.3) is 11.6 Å². The Kier molecular flexibility index (Phi) is 6.56. The number of nitrogens with zero attached hydrogens (tertiary/aromatic N) is 5. The molecular formula is C23H22F3N5O2S. The summed E-state index contributed by atoms with van der Waals surface area (Å²) in [5.41, 5.74) is 2.20. The molecule has 3 aromatic heterocycles. The molecule has 1 aromatic carbocycles. The third-order valence-corrected chi connectivity index (χ3v) is 6.32. The molecule has 1 amide bonds. The van der Waals surface area contributed by atoms with E-state index in [2.05, 4.69) is 15.1 Å². The van der Waals surface area contributed by atoms with Gasteiger partial charge in [0.1, 0.15) is 5.75 Å². The summed E-state index contributed by atoms with van der Waals surface area (Å²) < 4.78 is 45.7. The molecule has 0 atom stereocenters. The van der Waals surface area contributed by atoms with Crippen molar-refractivity contribution in [2.75, 3.05) is 7.11 Å². The number of fused-ring (bicyclic) bond motifs is 1. The number of ether oxygens (including phenoxy) is 1. The smallest absolute Gasteiger partial charge is 0.453 e. The standard InChI is InChI=1S/C23H22F3N5O2S/c1-14-18(15(2)31-22(27-14)28-21(29-31)23(24,25)26)11-20(32)30(13-17-8-6-10-34-17)12-16-7-4-5-9-19(16)33-3/h4-10H,11-13H2,1-3H3. The van der Waals surface area contributed by atoms with E-state index in [9.17, 15) is 18.0 Å². The molecule has 7 nitrogen and oxygen atoms in total. The number of para-hydroxylation sites is 1. The van der Waals surface area contributed by atoms with Gasteiger partial charge in [-0.25, -0.2) is 9.50 Å². The van der Waals surface area contributed by atoms with Crippen LogP contribution in [0.2, 0.25) is 0 Å². The molecule has 0 N–H and O–H groups in total. The second-order valence-corrected chi connectivity index (χ2v) is 8.76. The Hall–Kier alpha value is -3.47. The summed E-state index contributed by atoms with van der Waals surface area (Å²) in [6.07, 6.45) is -4.72. The van der Waals surface area contributed by atoms with Gasteiger partial charge in [-0.2, -0.15) is 18.2 Å². The number of halogens is 3. The molecule has 0 aliphatic carbocycles. The summed E-state index contributed by atoms with van der Waals surface area (Å²) in [6.45, 7) is 3.98. The second-order valence-electron chi connectivity index (χ2n) is 7.72. The van der Waals surface area contributed by atoms with Crippen molar-refractivity contribution in [3.63, 3.8) is 0 Å². The van der Waals surface area contributed by atoms with Crippen molar-refractivity contribution in [1.82, 2.24) is 24.5 Å². The van der Waals surface area contributed by atoms with E-state index in [1.54, 1.807) is 37.2 Å². The van der Waals surface area contributed by atoms with E-state index in [4.69, 9.17) is 4.74 Å². The minimum Gasteiger partial charge on any atom is -0.496 e. The van der Waals surface area contributed by atoms with Gasteiger partial charge in [0.15, 0.2) is 0 Å². The first kappa shape index (κ1) is 23.7. The number of rotatable bonds is 7. The van der Waals surface area contributed by atoms with Gasteiger partial charge in [-0.05, 0) is 31.4 Å². The van der Waals surface area contributed by atoms with Gasteiger partial charge in [-0.1, -0.05) is 24.3 Å². The Bertz CT molecular complexity index is 1320. The number of carbonyl (C=O) groups excluding carboxylic acids is 1. The van der Waals surface area contributed by atoms with Crippen molar-refractivity contribution in [2.24, 2.45) is 0 Å². The maximum absolute atomic E-state index is 13.5. The summed E-state index contributed by atoms with van der Waals surface area (Å²) in [4.78, 5) is 23.9. The molecule has 0 spiro atoms. The number of aromatic nitrogens is 4. The van der Waals surface area contributed by atoms with Crippen molar-refractivity contribution >= 4 is 23.0 Å². The van der Waals surface area contributed by atoms with E-state index < -0.39 is 12.0 Å². The third-order valence-electron chi connectivity index (χ3n) is 5.46. The van der Waals surface area contributed by atoms with Crippen LogP contribution in [0.5, 0.6) is 5.75 Å². The minimum absolute atomic E-state index is 0.0393. The van der Waals surface area contributed by atoms with E-state index in [1.165, 1.54) is 0 Å². The molecule has 0 fully saturated rings. The Labute approximate surface area is 197 Å². The largest absolute Gasteiger partial charge is 0.496 e. The topological polar surface area (TPSA) is 72.6 Å². The Morgan fingerprint density at radius 2 is 1.88 bits per heavy atom. The van der Waals surface area contributed by atoms with Crippen LogP contribution in [0.1, 0.15) is 33.2 Å². The number of methoxy groups -OCH3 is 1. The van der Waals surface area contributed by atoms with E-state index in [1.807, 2.05) is 41.8 Å². The van der Waals surface area contributed by atoms with Crippen molar-refractivity contribution < 1.29 is 22.7 Å². The van der Waals surface area contributed by atoms with Gasteiger partial charge in [-0.3, -0.25) is 4.79 Å². The lowest BCUT2D eigenvalue weighted by Gasteiger charge is -2.24. The molecule has 0 aliphatic rings. The zero-order valence-electron chi connectivity index (χ0n) is 18.8. The molecule has 0 aliphatic heterocycles. The SMILES string of the molecule is COc1ccccc1CN(Cc1cccs1)C(=O)Cc1c(C)nc2nc(C(F)(F)F)nn2c1C. The fourth-order valence-electron chi connectivity index (χ4n) is 3.71. The van der Waals surface area contributed by atoms with Gasteiger partial charge in [0, 0.05) is 33.9 Å². The highest BCUT2D eigenvalue weighted by atomic mass is 32.1. The molecule has 4 rings (SSSR count). The number of aryl methyl sites for hydroxylation is 2. The molecule has 4 aromatic rings. The van der Waals surface area contributed by atoms with Crippen molar-refractivity contribution in [1.29, 1.82) is 0 Å². The van der Waals surface area contributed by atoms with Crippen molar-refractivity contribution in [3.8, 4) is 5.75 Å². The van der Waals surface area contributed by atoms with Gasteiger partial charge >= 0.3 is 6.18 Å². The number of hydrogen-bond donors (Lipinski definition) is 0. The molecular weight excluding hydrogens is 467 g/mol. The first-order chi connectivity index (χ1) is 16.2. The molecule has 0 bridgehead atoms. The third kappa shape index (κ3) is 4.89. The molecule has 0 radical (unpaired) electrons. The lowest BCUT2D eigenvalue weighted by Crippen LogP contribution is -2.32. The first-order valence-corrected chi connectivity index (χ1v) is 11.3. The van der Waals surface area contributed by atoms with Crippen LogP contribution in [-0.4, -0.2) is 37.5 Å². The Balaban J connectivity index is 1.66. The van der Waals surface area contributed by atoms with E-state index >= 15 is 0 Å². The number of alkyl halides is 3. The quantitative estimate of drug-likeness (QED) is 0.379. The molecule has 0 unspecified atom stereocenters. The fourth-order valence-corrected chi connectivity index (χ4v) is 4.43. The van der Waals surface area contributed by atoms with Crippen LogP contribution < -0.4 is 4.74 Å². The average Bonchev–Trinajstić information content (AvgIpc) is 3.46. The predicted octanol–water partition coefficient (Wildman–Crippen LogP) is 4.60. The van der Waals surface area contributed by atoms with Crippen LogP contribution in [-0.2, 0) is 30.5 Å². The Morgan fingerprint density at radius 3 is 2.56 bits per heavy atom. The van der Waals surface area contributed by atoms with E-state index in [0.29, 0.717) is 35.8 Å². The molecule has 0 saturated carbocycles. The zero-order chi connectivity index (χ0) is 24.5. The van der Waals surface area contributed by atoms with Crippen LogP contribution in [0.4, 0.5) is 13.2 Å². The lowest BCUT2D eigenvalue weighted by atomic mass is 10.1. The van der Waals surface area contributed by atoms with Crippen LogP contribution in [0, 0.1) is 13.8 Å². The zero-order valence-corrected chi connectivity index (χ0v) is 19.6. The maximum atomic E-state index is 13.5. The predicted molar refractivity (Wildman–Crippen MR) is 121 cm³/mol. The fraction of sp³-hybridized carbons (Fsp3) is 0.304. The maximum Gasteiger partial charge on any atom is 0.453 e. The van der Waals surface area contributed by atoms with E-state index in [0.717, 1.165) is 15.0 Å². The number of amides is 1. The highest BCUT2D eigenvalue weighted by molar-refractivity contribution is 7.09.